The van der Waals surface area contributed by atoms with Crippen LogP contribution in [0.4, 0.5) is 4.79 Å². The van der Waals surface area contributed by atoms with Gasteiger partial charge in [-0.2, -0.15) is 0 Å². The molecule has 2 atom stereocenters. The third kappa shape index (κ3) is 6.42. The van der Waals surface area contributed by atoms with Crippen molar-refractivity contribution in [1.29, 1.82) is 0 Å². The van der Waals surface area contributed by atoms with E-state index in [0.717, 1.165) is 10.5 Å². The van der Waals surface area contributed by atoms with Gasteiger partial charge in [0.05, 0.1) is 13.7 Å². The van der Waals surface area contributed by atoms with E-state index in [0.29, 0.717) is 0 Å². The molecule has 0 aliphatic heterocycles. The summed E-state index contributed by atoms with van der Waals surface area (Å²) in [7, 11) is 0.114. The summed E-state index contributed by atoms with van der Waals surface area (Å²) in [6.45, 7) is -0.0436. The van der Waals surface area contributed by atoms with Crippen LogP contribution in [0.5, 0.6) is 0 Å². The summed E-state index contributed by atoms with van der Waals surface area (Å²) in [6, 6.07) is 8.21. The van der Waals surface area contributed by atoms with Crippen molar-refractivity contribution in [3.8, 4) is 12.3 Å². The second kappa shape index (κ2) is 10.4. The zero-order chi connectivity index (χ0) is 17.9. The van der Waals surface area contributed by atoms with Crippen molar-refractivity contribution in [2.24, 2.45) is 0 Å². The lowest BCUT2D eigenvalue weighted by Crippen LogP contribution is -2.46. The predicted molar refractivity (Wildman–Crippen MR) is 91.5 cm³/mol. The maximum Gasteiger partial charge on any atom is 0.411 e. The molecule has 0 bridgehead atoms. The summed E-state index contributed by atoms with van der Waals surface area (Å²) >= 11 is 0. The Labute approximate surface area is 144 Å². The summed E-state index contributed by atoms with van der Waals surface area (Å²) in [5.74, 6) is 1.96. The molecule has 130 valence electrons. The van der Waals surface area contributed by atoms with Crippen molar-refractivity contribution in [3.63, 3.8) is 0 Å². The molecular weight excluding hydrogens is 330 g/mol. The third-order valence-electron chi connectivity index (χ3n) is 3.23. The average molecular weight is 351 g/mol. The summed E-state index contributed by atoms with van der Waals surface area (Å²) in [6.07, 6.45) is 6.28. The van der Waals surface area contributed by atoms with Crippen LogP contribution in [0.25, 0.3) is 0 Å². The number of hydrogen-bond acceptors (Lipinski definition) is 5. The fourth-order valence-corrected chi connectivity index (χ4v) is 2.57. The smallest absolute Gasteiger partial charge is 0.411 e. The molecule has 0 aromatic heterocycles. The first-order chi connectivity index (χ1) is 11.5. The zero-order valence-electron chi connectivity index (χ0n) is 13.8. The highest BCUT2D eigenvalue weighted by atomic mass is 32.2. The van der Waals surface area contributed by atoms with Gasteiger partial charge in [-0.15, -0.1) is 6.42 Å². The van der Waals surface area contributed by atoms with Crippen molar-refractivity contribution < 1.29 is 23.3 Å². The molecule has 0 aliphatic carbocycles. The first kappa shape index (κ1) is 19.7. The Morgan fingerprint density at radius 3 is 2.54 bits per heavy atom. The lowest BCUT2D eigenvalue weighted by molar-refractivity contribution is -0.146. The molecule has 0 N–H and O–H groups in total. The number of carbonyl (C=O) groups excluding carboxylic acids is 2. The minimum Gasteiger partial charge on any atom is -0.467 e. The standard InChI is InChI=1S/C17H21NO5S/c1-4-11-18(15(16(19)22-2)10-12-24(3)21)17(20)23-13-14-8-6-5-7-9-14/h1,5-9,15H,10-13H2,2-3H3. The Bertz CT molecular complexity index is 611. The number of hydrogen-bond donors (Lipinski definition) is 0. The Morgan fingerprint density at radius 1 is 1.33 bits per heavy atom. The summed E-state index contributed by atoms with van der Waals surface area (Å²) in [5.41, 5.74) is 0.816. The normalized spacial score (nSPS) is 12.5. The fourth-order valence-electron chi connectivity index (χ4n) is 2.02. The Morgan fingerprint density at radius 2 is 2.00 bits per heavy atom. The van der Waals surface area contributed by atoms with Crippen molar-refractivity contribution >= 4 is 22.9 Å². The van der Waals surface area contributed by atoms with Gasteiger partial charge >= 0.3 is 12.1 Å². The zero-order valence-corrected chi connectivity index (χ0v) is 14.6. The van der Waals surface area contributed by atoms with E-state index in [9.17, 15) is 13.8 Å². The maximum atomic E-state index is 12.3. The Balaban J connectivity index is 2.82. The molecule has 0 fully saturated rings. The van der Waals surface area contributed by atoms with Gasteiger partial charge in [0.15, 0.2) is 0 Å². The van der Waals surface area contributed by atoms with Crippen LogP contribution >= 0.6 is 0 Å². The van der Waals surface area contributed by atoms with Crippen LogP contribution in [0.2, 0.25) is 0 Å². The minimum absolute atomic E-state index is 0.0638. The first-order valence-corrected chi connectivity index (χ1v) is 9.01. The lowest BCUT2D eigenvalue weighted by atomic mass is 10.2. The molecule has 2 unspecified atom stereocenters. The second-order valence-electron chi connectivity index (χ2n) is 4.98. The number of amides is 1. The summed E-state index contributed by atoms with van der Waals surface area (Å²) in [5, 5.41) is 0. The van der Waals surface area contributed by atoms with Gasteiger partial charge in [0.25, 0.3) is 0 Å². The van der Waals surface area contributed by atoms with Gasteiger partial charge < -0.3 is 9.47 Å². The number of nitrogens with zero attached hydrogens (tertiary/aromatic N) is 1. The van der Waals surface area contributed by atoms with Crippen molar-refractivity contribution in [3.05, 3.63) is 35.9 Å². The Hall–Kier alpha value is -2.33. The molecule has 0 spiro atoms. The van der Waals surface area contributed by atoms with E-state index in [1.165, 1.54) is 13.4 Å². The van der Waals surface area contributed by atoms with Crippen molar-refractivity contribution in [2.75, 3.05) is 25.7 Å². The highest BCUT2D eigenvalue weighted by Crippen LogP contribution is 2.11. The molecule has 24 heavy (non-hydrogen) atoms. The van der Waals surface area contributed by atoms with E-state index in [4.69, 9.17) is 15.9 Å². The van der Waals surface area contributed by atoms with Crippen LogP contribution in [0.15, 0.2) is 30.3 Å². The molecule has 6 nitrogen and oxygen atoms in total. The van der Waals surface area contributed by atoms with Crippen LogP contribution in [-0.2, 0) is 31.7 Å². The van der Waals surface area contributed by atoms with E-state index < -0.39 is 28.9 Å². The van der Waals surface area contributed by atoms with Gasteiger partial charge in [-0.25, -0.2) is 9.59 Å². The molecule has 0 saturated carbocycles. The summed E-state index contributed by atoms with van der Waals surface area (Å²) < 4.78 is 21.3. The molecule has 0 heterocycles. The van der Waals surface area contributed by atoms with Crippen LogP contribution in [0, 0.1) is 12.3 Å². The second-order valence-corrected chi connectivity index (χ2v) is 6.53. The monoisotopic (exact) mass is 351 g/mol. The predicted octanol–water partition coefficient (Wildman–Crippen LogP) is 1.57. The van der Waals surface area contributed by atoms with Gasteiger partial charge in [0.1, 0.15) is 12.6 Å². The van der Waals surface area contributed by atoms with Crippen molar-refractivity contribution in [2.45, 2.75) is 19.1 Å². The average Bonchev–Trinajstić information content (AvgIpc) is 2.59. The van der Waals surface area contributed by atoms with Crippen molar-refractivity contribution in [1.82, 2.24) is 4.90 Å². The third-order valence-corrected chi connectivity index (χ3v) is 4.04. The van der Waals surface area contributed by atoms with Crippen LogP contribution in [0.3, 0.4) is 0 Å². The van der Waals surface area contributed by atoms with Crippen LogP contribution in [0.1, 0.15) is 12.0 Å². The van der Waals surface area contributed by atoms with E-state index in [1.54, 1.807) is 0 Å². The highest BCUT2D eigenvalue weighted by molar-refractivity contribution is 7.84. The number of carbonyl (C=O) groups is 2. The van der Waals surface area contributed by atoms with Gasteiger partial charge in [-0.1, -0.05) is 36.3 Å². The molecule has 1 aromatic carbocycles. The Kier molecular flexibility index (Phi) is 8.58. The van der Waals surface area contributed by atoms with E-state index in [1.807, 2.05) is 30.3 Å². The number of rotatable bonds is 8. The molecule has 0 saturated heterocycles. The molecule has 0 radical (unpaired) electrons. The van der Waals surface area contributed by atoms with Gasteiger partial charge in [0.2, 0.25) is 0 Å². The van der Waals surface area contributed by atoms with Gasteiger partial charge in [-0.3, -0.25) is 9.11 Å². The van der Waals surface area contributed by atoms with Crippen LogP contribution < -0.4 is 0 Å². The van der Waals surface area contributed by atoms with E-state index in [-0.39, 0.29) is 25.3 Å². The maximum absolute atomic E-state index is 12.3. The number of ether oxygens (including phenoxy) is 2. The highest BCUT2D eigenvalue weighted by Gasteiger charge is 2.31. The first-order valence-electron chi connectivity index (χ1n) is 7.28. The van der Waals surface area contributed by atoms with E-state index in [2.05, 4.69) is 5.92 Å². The quantitative estimate of drug-likeness (QED) is 0.525. The minimum atomic E-state index is -1.11. The number of methoxy groups -OCH3 is 1. The number of terminal acetylenes is 1. The molecule has 7 heteroatoms. The van der Waals surface area contributed by atoms with Crippen LogP contribution in [-0.4, -0.2) is 52.9 Å². The lowest BCUT2D eigenvalue weighted by Gasteiger charge is -2.27. The van der Waals surface area contributed by atoms with E-state index >= 15 is 0 Å². The molecule has 1 aromatic rings. The topological polar surface area (TPSA) is 72.9 Å². The number of benzene rings is 1. The molecular formula is C17H21NO5S. The fraction of sp³-hybridized carbons (Fsp3) is 0.412. The summed E-state index contributed by atoms with van der Waals surface area (Å²) in [4.78, 5) is 25.4. The molecule has 1 rings (SSSR count). The van der Waals surface area contributed by atoms with Gasteiger partial charge in [0, 0.05) is 22.8 Å². The molecule has 1 amide bonds. The molecule has 0 aliphatic rings. The van der Waals surface area contributed by atoms with Gasteiger partial charge in [-0.05, 0) is 12.0 Å². The SMILES string of the molecule is C#CCN(C(=O)OCc1ccccc1)C(CCS(C)=O)C(=O)OC. The number of esters is 1. The largest absolute Gasteiger partial charge is 0.467 e.